The van der Waals surface area contributed by atoms with Crippen molar-refractivity contribution in [2.45, 2.75) is 26.8 Å². The Hall–Kier alpha value is -2.40. The maximum absolute atomic E-state index is 12.7. The van der Waals surface area contributed by atoms with Crippen LogP contribution in [0.15, 0.2) is 41.2 Å². The second-order valence-electron chi connectivity index (χ2n) is 6.91. The molecule has 1 aliphatic heterocycles. The molecule has 5 heteroatoms. The third kappa shape index (κ3) is 3.82. The number of pyridine rings is 1. The number of aromatic amines is 1. The van der Waals surface area contributed by atoms with Crippen LogP contribution in [0.1, 0.15) is 29.8 Å². The molecule has 1 N–H and O–H groups in total. The van der Waals surface area contributed by atoms with Crippen molar-refractivity contribution in [2.75, 3.05) is 26.2 Å². The average molecular weight is 339 g/mol. The number of hydrogen-bond donors (Lipinski definition) is 1. The van der Waals surface area contributed by atoms with Gasteiger partial charge in [-0.1, -0.05) is 23.8 Å². The van der Waals surface area contributed by atoms with Gasteiger partial charge in [0, 0.05) is 37.9 Å². The minimum atomic E-state index is -0.324. The van der Waals surface area contributed by atoms with E-state index in [4.69, 9.17) is 0 Å². The number of aromatic nitrogens is 1. The van der Waals surface area contributed by atoms with Crippen LogP contribution < -0.4 is 5.56 Å². The van der Waals surface area contributed by atoms with Crippen molar-refractivity contribution in [3.8, 4) is 11.3 Å². The van der Waals surface area contributed by atoms with Gasteiger partial charge < -0.3 is 9.88 Å². The van der Waals surface area contributed by atoms with E-state index in [0.29, 0.717) is 19.1 Å². The van der Waals surface area contributed by atoms with Crippen LogP contribution in [0.2, 0.25) is 0 Å². The number of hydrogen-bond acceptors (Lipinski definition) is 3. The third-order valence-corrected chi connectivity index (χ3v) is 4.80. The first-order chi connectivity index (χ1) is 12.0. The maximum Gasteiger partial charge on any atom is 0.261 e. The highest BCUT2D eigenvalue weighted by Gasteiger charge is 2.24. The Bertz CT molecular complexity index is 818. The summed E-state index contributed by atoms with van der Waals surface area (Å²) in [6, 6.07) is 11.9. The van der Waals surface area contributed by atoms with Gasteiger partial charge in [0.1, 0.15) is 5.56 Å². The summed E-state index contributed by atoms with van der Waals surface area (Å²) in [6.45, 7) is 9.35. The molecule has 0 bridgehead atoms. The standard InChI is InChI=1S/C20H25N3O2/c1-14(2)22-9-11-23(12-10-22)20(25)17-7-8-18(21-19(17)24)16-6-4-5-15(3)13-16/h4-8,13-14H,9-12H2,1-3H3,(H,21,24). The molecule has 25 heavy (non-hydrogen) atoms. The largest absolute Gasteiger partial charge is 0.336 e. The zero-order valence-corrected chi connectivity index (χ0v) is 15.1. The Labute approximate surface area is 148 Å². The molecule has 1 aromatic carbocycles. The van der Waals surface area contributed by atoms with E-state index >= 15 is 0 Å². The lowest BCUT2D eigenvalue weighted by atomic mass is 10.1. The third-order valence-electron chi connectivity index (χ3n) is 4.80. The number of carbonyl (C=O) groups excluding carboxylic acids is 1. The zero-order valence-electron chi connectivity index (χ0n) is 15.1. The van der Waals surface area contributed by atoms with Gasteiger partial charge in [0.15, 0.2) is 0 Å². The van der Waals surface area contributed by atoms with E-state index in [1.807, 2.05) is 37.3 Å². The van der Waals surface area contributed by atoms with Crippen LogP contribution in [-0.2, 0) is 0 Å². The molecule has 0 saturated carbocycles. The predicted molar refractivity (Wildman–Crippen MR) is 99.8 cm³/mol. The number of benzene rings is 1. The Balaban J connectivity index is 1.77. The van der Waals surface area contributed by atoms with E-state index in [1.165, 1.54) is 0 Å². The Morgan fingerprint density at radius 2 is 1.80 bits per heavy atom. The van der Waals surface area contributed by atoms with Crippen LogP contribution in [0.4, 0.5) is 0 Å². The molecule has 0 spiro atoms. The Morgan fingerprint density at radius 3 is 2.40 bits per heavy atom. The monoisotopic (exact) mass is 339 g/mol. The lowest BCUT2D eigenvalue weighted by molar-refractivity contribution is 0.0594. The second kappa shape index (κ2) is 7.23. The molecule has 1 aliphatic rings. The summed E-state index contributed by atoms with van der Waals surface area (Å²) in [7, 11) is 0. The molecule has 0 unspecified atom stereocenters. The van der Waals surface area contributed by atoms with Crippen molar-refractivity contribution in [3.63, 3.8) is 0 Å². The smallest absolute Gasteiger partial charge is 0.261 e. The summed E-state index contributed by atoms with van der Waals surface area (Å²) in [6.07, 6.45) is 0. The summed E-state index contributed by atoms with van der Waals surface area (Å²) in [5, 5.41) is 0. The fourth-order valence-corrected chi connectivity index (χ4v) is 3.23. The molecule has 1 saturated heterocycles. The van der Waals surface area contributed by atoms with Crippen molar-refractivity contribution in [1.82, 2.24) is 14.8 Å². The SMILES string of the molecule is Cc1cccc(-c2ccc(C(=O)N3CCN(C(C)C)CC3)c(=O)[nH]2)c1. The lowest BCUT2D eigenvalue weighted by Crippen LogP contribution is -2.51. The molecule has 1 fully saturated rings. The molecule has 132 valence electrons. The topological polar surface area (TPSA) is 56.4 Å². The average Bonchev–Trinajstić information content (AvgIpc) is 2.61. The number of carbonyl (C=O) groups is 1. The highest BCUT2D eigenvalue weighted by atomic mass is 16.2. The van der Waals surface area contributed by atoms with Crippen molar-refractivity contribution < 1.29 is 4.79 Å². The van der Waals surface area contributed by atoms with E-state index in [1.54, 1.807) is 11.0 Å². The van der Waals surface area contributed by atoms with Crippen molar-refractivity contribution >= 4 is 5.91 Å². The van der Waals surface area contributed by atoms with E-state index in [-0.39, 0.29) is 17.0 Å². The van der Waals surface area contributed by atoms with Gasteiger partial charge >= 0.3 is 0 Å². The van der Waals surface area contributed by atoms with Crippen LogP contribution in [0, 0.1) is 6.92 Å². The van der Waals surface area contributed by atoms with E-state index in [0.717, 1.165) is 29.9 Å². The predicted octanol–water partition coefficient (Wildman–Crippen LogP) is 2.52. The van der Waals surface area contributed by atoms with Gasteiger partial charge in [-0.05, 0) is 44.5 Å². The normalized spacial score (nSPS) is 15.6. The molecule has 1 amide bonds. The fraction of sp³-hybridized carbons (Fsp3) is 0.400. The summed E-state index contributed by atoms with van der Waals surface area (Å²) in [5.41, 5.74) is 2.70. The van der Waals surface area contributed by atoms with Crippen LogP contribution in [0.3, 0.4) is 0 Å². The Morgan fingerprint density at radius 1 is 1.08 bits per heavy atom. The summed E-state index contributed by atoms with van der Waals surface area (Å²) in [4.78, 5) is 32.1. The number of piperazine rings is 1. The van der Waals surface area contributed by atoms with Gasteiger partial charge in [-0.2, -0.15) is 0 Å². The molecule has 2 heterocycles. The fourth-order valence-electron chi connectivity index (χ4n) is 3.23. The first kappa shape index (κ1) is 17.4. The molecule has 2 aromatic rings. The Kier molecular flexibility index (Phi) is 5.04. The minimum absolute atomic E-state index is 0.180. The molecule has 0 aliphatic carbocycles. The van der Waals surface area contributed by atoms with Gasteiger partial charge in [-0.25, -0.2) is 0 Å². The van der Waals surface area contributed by atoms with Gasteiger partial charge in [0.05, 0.1) is 0 Å². The van der Waals surface area contributed by atoms with E-state index in [2.05, 4.69) is 23.7 Å². The van der Waals surface area contributed by atoms with Gasteiger partial charge in [-0.3, -0.25) is 14.5 Å². The lowest BCUT2D eigenvalue weighted by Gasteiger charge is -2.36. The molecular formula is C20H25N3O2. The molecule has 0 radical (unpaired) electrons. The highest BCUT2D eigenvalue weighted by Crippen LogP contribution is 2.17. The maximum atomic E-state index is 12.7. The highest BCUT2D eigenvalue weighted by molar-refractivity contribution is 5.94. The number of H-pyrrole nitrogens is 1. The van der Waals surface area contributed by atoms with E-state index < -0.39 is 0 Å². The number of rotatable bonds is 3. The number of aryl methyl sites for hydroxylation is 1. The summed E-state index contributed by atoms with van der Waals surface area (Å²) >= 11 is 0. The van der Waals surface area contributed by atoms with Crippen LogP contribution in [-0.4, -0.2) is 52.9 Å². The quantitative estimate of drug-likeness (QED) is 0.935. The summed E-state index contributed by atoms with van der Waals surface area (Å²) in [5.74, 6) is -0.180. The van der Waals surface area contributed by atoms with Crippen LogP contribution in [0.25, 0.3) is 11.3 Å². The number of nitrogens with zero attached hydrogens (tertiary/aromatic N) is 2. The first-order valence-corrected chi connectivity index (χ1v) is 8.79. The van der Waals surface area contributed by atoms with Crippen molar-refractivity contribution in [2.24, 2.45) is 0 Å². The number of amides is 1. The minimum Gasteiger partial charge on any atom is -0.336 e. The van der Waals surface area contributed by atoms with Gasteiger partial charge in [0.2, 0.25) is 0 Å². The number of nitrogens with one attached hydrogen (secondary N) is 1. The summed E-state index contributed by atoms with van der Waals surface area (Å²) < 4.78 is 0. The molecular weight excluding hydrogens is 314 g/mol. The van der Waals surface area contributed by atoms with E-state index in [9.17, 15) is 9.59 Å². The molecule has 1 aromatic heterocycles. The second-order valence-corrected chi connectivity index (χ2v) is 6.91. The molecule has 5 nitrogen and oxygen atoms in total. The van der Waals surface area contributed by atoms with Gasteiger partial charge in [0.25, 0.3) is 11.5 Å². The van der Waals surface area contributed by atoms with Crippen molar-refractivity contribution in [3.05, 3.63) is 57.9 Å². The first-order valence-electron chi connectivity index (χ1n) is 8.79. The molecule has 3 rings (SSSR count). The molecule has 0 atom stereocenters. The van der Waals surface area contributed by atoms with Crippen molar-refractivity contribution in [1.29, 1.82) is 0 Å². The zero-order chi connectivity index (χ0) is 18.0. The van der Waals surface area contributed by atoms with Crippen LogP contribution in [0.5, 0.6) is 0 Å². The van der Waals surface area contributed by atoms with Gasteiger partial charge in [-0.15, -0.1) is 0 Å². The van der Waals surface area contributed by atoms with Crippen LogP contribution >= 0.6 is 0 Å².